The zero-order valence-corrected chi connectivity index (χ0v) is 13.9. The molecule has 0 aliphatic rings. The smallest absolute Gasteiger partial charge is 0.161 e. The van der Waals surface area contributed by atoms with E-state index in [-0.39, 0.29) is 11.0 Å². The van der Waals surface area contributed by atoms with Crippen LogP contribution in [0.15, 0.2) is 42.5 Å². The largest absolute Gasteiger partial charge is 0.337 e. The number of halogens is 4. The van der Waals surface area contributed by atoms with E-state index in [4.69, 9.17) is 0 Å². The molecule has 0 unspecified atom stereocenters. The van der Waals surface area contributed by atoms with Gasteiger partial charge < -0.3 is 9.97 Å². The summed E-state index contributed by atoms with van der Waals surface area (Å²) in [6, 6.07) is 9.06. The van der Waals surface area contributed by atoms with Crippen LogP contribution < -0.4 is 0 Å². The third-order valence-corrected chi connectivity index (χ3v) is 4.28. The molecule has 3 heterocycles. The minimum atomic E-state index is -0.992. The molecule has 0 spiro atoms. The first-order valence-electron chi connectivity index (χ1n) is 8.15. The highest BCUT2D eigenvalue weighted by Gasteiger charge is 2.14. The lowest BCUT2D eigenvalue weighted by Gasteiger charge is -1.99. The molecule has 5 aromatic rings. The highest BCUT2D eigenvalue weighted by atomic mass is 19.2. The van der Waals surface area contributed by atoms with Gasteiger partial charge >= 0.3 is 0 Å². The van der Waals surface area contributed by atoms with Crippen LogP contribution in [0.25, 0.3) is 45.1 Å². The van der Waals surface area contributed by atoms with Crippen LogP contribution in [-0.2, 0) is 0 Å². The summed E-state index contributed by atoms with van der Waals surface area (Å²) < 4.78 is 53.6. The third kappa shape index (κ3) is 2.59. The summed E-state index contributed by atoms with van der Waals surface area (Å²) in [4.78, 5) is 18.7. The fourth-order valence-electron chi connectivity index (χ4n) is 2.95. The van der Waals surface area contributed by atoms with Crippen molar-refractivity contribution in [2.24, 2.45) is 0 Å². The Morgan fingerprint density at radius 3 is 1.46 bits per heavy atom. The van der Waals surface area contributed by atoms with Gasteiger partial charge in [-0.1, -0.05) is 6.07 Å². The Balaban J connectivity index is 1.60. The number of pyridine rings is 1. The van der Waals surface area contributed by atoms with Crippen LogP contribution in [0.3, 0.4) is 0 Å². The van der Waals surface area contributed by atoms with Crippen LogP contribution in [0.2, 0.25) is 0 Å². The van der Waals surface area contributed by atoms with Gasteiger partial charge in [-0.05, 0) is 12.1 Å². The van der Waals surface area contributed by atoms with Crippen molar-refractivity contribution >= 4 is 22.1 Å². The fraction of sp³-hybridized carbons (Fsp3) is 0. The lowest BCUT2D eigenvalue weighted by Crippen LogP contribution is -1.90. The minimum Gasteiger partial charge on any atom is -0.337 e. The van der Waals surface area contributed by atoms with Crippen LogP contribution in [0.4, 0.5) is 17.6 Å². The zero-order valence-electron chi connectivity index (χ0n) is 13.9. The number of rotatable bonds is 2. The monoisotopic (exact) mass is 383 g/mol. The molecule has 9 heteroatoms. The molecule has 138 valence electrons. The molecule has 2 aromatic carbocycles. The molecule has 0 fully saturated rings. The van der Waals surface area contributed by atoms with Gasteiger partial charge in [0.2, 0.25) is 0 Å². The van der Waals surface area contributed by atoms with Crippen molar-refractivity contribution in [3.8, 4) is 23.0 Å². The number of imidazole rings is 2. The van der Waals surface area contributed by atoms with Crippen molar-refractivity contribution in [2.75, 3.05) is 0 Å². The minimum absolute atomic E-state index is 0.260. The highest BCUT2D eigenvalue weighted by molar-refractivity contribution is 5.80. The van der Waals surface area contributed by atoms with E-state index in [2.05, 4.69) is 24.9 Å². The van der Waals surface area contributed by atoms with Gasteiger partial charge in [-0.25, -0.2) is 32.5 Å². The summed E-state index contributed by atoms with van der Waals surface area (Å²) in [5, 5.41) is 0. The second kappa shape index (κ2) is 5.88. The number of hydrogen-bond donors (Lipinski definition) is 2. The van der Waals surface area contributed by atoms with E-state index in [0.29, 0.717) is 34.1 Å². The molecule has 0 bridgehead atoms. The highest BCUT2D eigenvalue weighted by Crippen LogP contribution is 2.25. The number of fused-ring (bicyclic) bond motifs is 2. The van der Waals surface area contributed by atoms with Gasteiger partial charge in [0, 0.05) is 24.3 Å². The first-order chi connectivity index (χ1) is 13.5. The van der Waals surface area contributed by atoms with Crippen molar-refractivity contribution in [1.29, 1.82) is 0 Å². The molecular weight excluding hydrogens is 374 g/mol. The first kappa shape index (κ1) is 16.4. The van der Waals surface area contributed by atoms with Crippen LogP contribution in [0.5, 0.6) is 0 Å². The van der Waals surface area contributed by atoms with Crippen LogP contribution in [0, 0.1) is 23.3 Å². The SMILES string of the molecule is Fc1cc2nc(-c3cccc(-c4nc5cc(F)c(F)cc5[nH]4)n3)[nH]c2cc1F. The Hall–Kier alpha value is -3.75. The lowest BCUT2D eigenvalue weighted by atomic mass is 10.3. The van der Waals surface area contributed by atoms with Crippen LogP contribution in [-0.4, -0.2) is 24.9 Å². The van der Waals surface area contributed by atoms with Crippen molar-refractivity contribution in [1.82, 2.24) is 24.9 Å². The number of nitrogens with one attached hydrogen (secondary N) is 2. The summed E-state index contributed by atoms with van der Waals surface area (Å²) in [6.07, 6.45) is 0. The molecule has 0 saturated heterocycles. The van der Waals surface area contributed by atoms with E-state index in [1.807, 2.05) is 0 Å². The van der Waals surface area contributed by atoms with E-state index in [1.165, 1.54) is 0 Å². The number of aromatic nitrogens is 5. The van der Waals surface area contributed by atoms with E-state index < -0.39 is 23.3 Å². The molecule has 0 saturated carbocycles. The normalized spacial score (nSPS) is 11.6. The molecule has 0 amide bonds. The molecule has 28 heavy (non-hydrogen) atoms. The Labute approximate surface area is 154 Å². The van der Waals surface area contributed by atoms with Gasteiger partial charge in [-0.15, -0.1) is 0 Å². The predicted octanol–water partition coefficient (Wildman–Crippen LogP) is 4.72. The summed E-state index contributed by atoms with van der Waals surface area (Å²) in [7, 11) is 0. The summed E-state index contributed by atoms with van der Waals surface area (Å²) >= 11 is 0. The van der Waals surface area contributed by atoms with Crippen molar-refractivity contribution in [2.45, 2.75) is 0 Å². The van der Waals surface area contributed by atoms with Gasteiger partial charge in [-0.3, -0.25) is 0 Å². The van der Waals surface area contributed by atoms with Crippen molar-refractivity contribution in [3.63, 3.8) is 0 Å². The quantitative estimate of drug-likeness (QED) is 0.433. The second-order valence-corrected chi connectivity index (χ2v) is 6.15. The molecule has 5 nitrogen and oxygen atoms in total. The standard InChI is InChI=1S/C19H9F4N5/c20-8-4-14-15(5-9(8)21)26-18(25-14)12-2-1-3-13(24-12)19-27-16-6-10(22)11(23)7-17(16)28-19/h1-7H,(H,25,26)(H,27,28). The lowest BCUT2D eigenvalue weighted by molar-refractivity contribution is 0.510. The van der Waals surface area contributed by atoms with E-state index in [1.54, 1.807) is 18.2 Å². The van der Waals surface area contributed by atoms with Gasteiger partial charge in [0.05, 0.1) is 22.1 Å². The Morgan fingerprint density at radius 2 is 1.00 bits per heavy atom. The number of nitrogens with zero attached hydrogens (tertiary/aromatic N) is 3. The zero-order chi connectivity index (χ0) is 19.4. The molecule has 0 radical (unpaired) electrons. The van der Waals surface area contributed by atoms with Gasteiger partial charge in [0.25, 0.3) is 0 Å². The van der Waals surface area contributed by atoms with Gasteiger partial charge in [-0.2, -0.15) is 0 Å². The van der Waals surface area contributed by atoms with Crippen LogP contribution in [0.1, 0.15) is 0 Å². The topological polar surface area (TPSA) is 70.2 Å². The number of hydrogen-bond acceptors (Lipinski definition) is 3. The Bertz CT molecular complexity index is 1190. The molecule has 0 aliphatic carbocycles. The molecule has 5 rings (SSSR count). The Kier molecular flexibility index (Phi) is 3.45. The van der Waals surface area contributed by atoms with Gasteiger partial charge in [0.15, 0.2) is 34.9 Å². The van der Waals surface area contributed by atoms with Crippen molar-refractivity contribution < 1.29 is 17.6 Å². The van der Waals surface area contributed by atoms with Crippen LogP contribution >= 0.6 is 0 Å². The van der Waals surface area contributed by atoms with E-state index >= 15 is 0 Å². The number of benzene rings is 2. The van der Waals surface area contributed by atoms with Crippen molar-refractivity contribution in [3.05, 3.63) is 65.7 Å². The maximum atomic E-state index is 13.4. The second-order valence-electron chi connectivity index (χ2n) is 6.15. The van der Waals surface area contributed by atoms with E-state index in [9.17, 15) is 17.6 Å². The Morgan fingerprint density at radius 1 is 0.571 bits per heavy atom. The van der Waals surface area contributed by atoms with Gasteiger partial charge in [0.1, 0.15) is 11.4 Å². The summed E-state index contributed by atoms with van der Waals surface area (Å²) in [5.74, 6) is -3.31. The molecule has 2 N–H and O–H groups in total. The summed E-state index contributed by atoms with van der Waals surface area (Å²) in [6.45, 7) is 0. The fourth-order valence-corrected chi connectivity index (χ4v) is 2.95. The molecule has 3 aromatic heterocycles. The summed E-state index contributed by atoms with van der Waals surface area (Å²) in [5.41, 5.74) is 2.00. The molecule has 0 aliphatic heterocycles. The van der Waals surface area contributed by atoms with E-state index in [0.717, 1.165) is 24.3 Å². The maximum Gasteiger partial charge on any atom is 0.161 e. The number of aromatic amines is 2. The predicted molar refractivity (Wildman–Crippen MR) is 94.2 cm³/mol. The average Bonchev–Trinajstić information content (AvgIpc) is 3.26. The maximum absolute atomic E-state index is 13.4. The number of H-pyrrole nitrogens is 2. The molecule has 0 atom stereocenters. The molecular formula is C19H9F4N5. The average molecular weight is 383 g/mol. The third-order valence-electron chi connectivity index (χ3n) is 4.28. The first-order valence-corrected chi connectivity index (χ1v) is 8.15.